The monoisotopic (exact) mass is 314 g/mol. The second kappa shape index (κ2) is 8.68. The molecule has 23 heavy (non-hydrogen) atoms. The number of hydrogen-bond donors (Lipinski definition) is 2. The first-order valence-corrected chi connectivity index (χ1v) is 7.50. The van der Waals surface area contributed by atoms with Gasteiger partial charge in [-0.05, 0) is 30.5 Å². The number of carbonyl (C=O) groups excluding carboxylic acids is 2. The molecular formula is C18H19FN2O2. The van der Waals surface area contributed by atoms with Gasteiger partial charge in [-0.25, -0.2) is 4.39 Å². The lowest BCUT2D eigenvalue weighted by atomic mass is 10.1. The maximum absolute atomic E-state index is 13.4. The maximum Gasteiger partial charge on any atom is 0.233 e. The molecule has 4 nitrogen and oxygen atoms in total. The number of para-hydroxylation sites is 1. The van der Waals surface area contributed by atoms with Crippen molar-refractivity contribution in [1.29, 1.82) is 0 Å². The van der Waals surface area contributed by atoms with Crippen molar-refractivity contribution in [2.75, 3.05) is 11.9 Å². The summed E-state index contributed by atoms with van der Waals surface area (Å²) in [7, 11) is 0. The summed E-state index contributed by atoms with van der Waals surface area (Å²) in [5.41, 5.74) is 1.29. The lowest BCUT2D eigenvalue weighted by Gasteiger charge is -2.07. The van der Waals surface area contributed by atoms with Crippen molar-refractivity contribution in [1.82, 2.24) is 5.32 Å². The van der Waals surface area contributed by atoms with E-state index in [2.05, 4.69) is 10.6 Å². The first kappa shape index (κ1) is 16.7. The van der Waals surface area contributed by atoms with Crippen molar-refractivity contribution in [3.05, 3.63) is 66.0 Å². The summed E-state index contributed by atoms with van der Waals surface area (Å²) in [6.45, 7) is 0.501. The van der Waals surface area contributed by atoms with E-state index < -0.39 is 11.7 Å². The summed E-state index contributed by atoms with van der Waals surface area (Å²) >= 11 is 0. The number of hydrogen-bond acceptors (Lipinski definition) is 2. The molecule has 0 bridgehead atoms. The van der Waals surface area contributed by atoms with E-state index in [-0.39, 0.29) is 18.0 Å². The predicted octanol–water partition coefficient (Wildman–Crippen LogP) is 2.90. The Kier molecular flexibility index (Phi) is 6.29. The van der Waals surface area contributed by atoms with E-state index >= 15 is 0 Å². The lowest BCUT2D eigenvalue weighted by Crippen LogP contribution is -2.29. The Labute approximate surface area is 134 Å². The van der Waals surface area contributed by atoms with Gasteiger partial charge in [-0.15, -0.1) is 0 Å². The van der Waals surface area contributed by atoms with Crippen LogP contribution < -0.4 is 10.6 Å². The van der Waals surface area contributed by atoms with Gasteiger partial charge in [0.15, 0.2) is 0 Å². The normalized spacial score (nSPS) is 10.1. The molecule has 0 aliphatic carbocycles. The maximum atomic E-state index is 13.4. The highest BCUT2D eigenvalue weighted by Gasteiger charge is 2.11. The topological polar surface area (TPSA) is 58.2 Å². The Bertz CT molecular complexity index is 659. The molecule has 2 rings (SSSR count). The first-order valence-electron chi connectivity index (χ1n) is 7.50. The van der Waals surface area contributed by atoms with Crippen molar-refractivity contribution in [3.63, 3.8) is 0 Å². The molecule has 0 fully saturated rings. The second-order valence-corrected chi connectivity index (χ2v) is 5.14. The molecule has 0 atom stereocenters. The molecule has 0 aliphatic rings. The molecule has 0 saturated heterocycles. The van der Waals surface area contributed by atoms with Crippen LogP contribution in [0.3, 0.4) is 0 Å². The van der Waals surface area contributed by atoms with Crippen LogP contribution in [0.15, 0.2) is 54.6 Å². The van der Waals surface area contributed by atoms with Gasteiger partial charge in [-0.3, -0.25) is 9.59 Å². The third-order valence-corrected chi connectivity index (χ3v) is 3.28. The molecule has 0 unspecified atom stereocenters. The molecule has 2 N–H and O–H groups in total. The molecule has 0 spiro atoms. The Morgan fingerprint density at radius 1 is 0.913 bits per heavy atom. The minimum Gasteiger partial charge on any atom is -0.356 e. The third kappa shape index (κ3) is 5.90. The van der Waals surface area contributed by atoms with Crippen LogP contribution >= 0.6 is 0 Å². The van der Waals surface area contributed by atoms with Crippen molar-refractivity contribution in [2.45, 2.75) is 19.3 Å². The minimum absolute atomic E-state index is 0.0781. The van der Waals surface area contributed by atoms with Crippen LogP contribution in [0.5, 0.6) is 0 Å². The van der Waals surface area contributed by atoms with Crippen LogP contribution in [0.25, 0.3) is 0 Å². The highest BCUT2D eigenvalue weighted by atomic mass is 19.1. The van der Waals surface area contributed by atoms with Crippen LogP contribution in [0.2, 0.25) is 0 Å². The van der Waals surface area contributed by atoms with Crippen molar-refractivity contribution < 1.29 is 14.0 Å². The number of carbonyl (C=O) groups is 2. The van der Waals surface area contributed by atoms with E-state index in [1.54, 1.807) is 6.07 Å². The number of aryl methyl sites for hydroxylation is 1. The van der Waals surface area contributed by atoms with Crippen molar-refractivity contribution >= 4 is 17.5 Å². The summed E-state index contributed by atoms with van der Waals surface area (Å²) < 4.78 is 13.4. The molecule has 0 radical (unpaired) electrons. The van der Waals surface area contributed by atoms with Gasteiger partial charge in [0.05, 0.1) is 5.69 Å². The standard InChI is InChI=1S/C18H19FN2O2/c19-15-10-4-5-11-16(15)21-18(23)13-17(22)20-12-6-9-14-7-2-1-3-8-14/h1-5,7-8,10-11H,6,9,12-13H2,(H,20,22)(H,21,23). The molecule has 2 aromatic carbocycles. The van der Waals surface area contributed by atoms with Gasteiger partial charge in [0, 0.05) is 6.54 Å². The van der Waals surface area contributed by atoms with E-state index in [1.807, 2.05) is 30.3 Å². The number of benzene rings is 2. The Balaban J connectivity index is 1.66. The zero-order chi connectivity index (χ0) is 16.5. The van der Waals surface area contributed by atoms with Crippen LogP contribution in [0.1, 0.15) is 18.4 Å². The first-order chi connectivity index (χ1) is 11.1. The molecule has 0 aromatic heterocycles. The smallest absolute Gasteiger partial charge is 0.233 e. The third-order valence-electron chi connectivity index (χ3n) is 3.28. The average Bonchev–Trinajstić information content (AvgIpc) is 2.55. The number of anilines is 1. The molecular weight excluding hydrogens is 295 g/mol. The molecule has 2 aromatic rings. The highest BCUT2D eigenvalue weighted by molar-refractivity contribution is 6.03. The number of rotatable bonds is 7. The van der Waals surface area contributed by atoms with Gasteiger partial charge < -0.3 is 10.6 Å². The summed E-state index contributed by atoms with van der Waals surface area (Å²) in [5, 5.41) is 5.07. The molecule has 120 valence electrons. The fraction of sp³-hybridized carbons (Fsp3) is 0.222. The fourth-order valence-electron chi connectivity index (χ4n) is 2.13. The zero-order valence-electron chi connectivity index (χ0n) is 12.7. The van der Waals surface area contributed by atoms with E-state index in [0.717, 1.165) is 12.8 Å². The van der Waals surface area contributed by atoms with Crippen LogP contribution in [-0.2, 0) is 16.0 Å². The Hall–Kier alpha value is -2.69. The molecule has 5 heteroatoms. The van der Waals surface area contributed by atoms with Crippen molar-refractivity contribution in [2.24, 2.45) is 0 Å². The van der Waals surface area contributed by atoms with Crippen molar-refractivity contribution in [3.8, 4) is 0 Å². The molecule has 0 aliphatic heterocycles. The summed E-state index contributed by atoms with van der Waals surface area (Å²) in [4.78, 5) is 23.4. The number of nitrogens with one attached hydrogen (secondary N) is 2. The van der Waals surface area contributed by atoms with Crippen LogP contribution in [-0.4, -0.2) is 18.4 Å². The Morgan fingerprint density at radius 2 is 1.61 bits per heavy atom. The zero-order valence-corrected chi connectivity index (χ0v) is 12.7. The van der Waals surface area contributed by atoms with Gasteiger partial charge in [-0.1, -0.05) is 42.5 Å². The summed E-state index contributed by atoms with van der Waals surface area (Å²) in [6.07, 6.45) is 1.34. The number of halogens is 1. The van der Waals surface area contributed by atoms with Gasteiger partial charge >= 0.3 is 0 Å². The van der Waals surface area contributed by atoms with Crippen LogP contribution in [0.4, 0.5) is 10.1 Å². The van der Waals surface area contributed by atoms with Gasteiger partial charge in [-0.2, -0.15) is 0 Å². The predicted molar refractivity (Wildman–Crippen MR) is 87.4 cm³/mol. The lowest BCUT2D eigenvalue weighted by molar-refractivity contribution is -0.126. The highest BCUT2D eigenvalue weighted by Crippen LogP contribution is 2.12. The van der Waals surface area contributed by atoms with Gasteiger partial charge in [0.1, 0.15) is 12.2 Å². The van der Waals surface area contributed by atoms with E-state index in [9.17, 15) is 14.0 Å². The minimum atomic E-state index is -0.532. The molecule has 0 saturated carbocycles. The fourth-order valence-corrected chi connectivity index (χ4v) is 2.13. The van der Waals surface area contributed by atoms with Gasteiger partial charge in [0.25, 0.3) is 0 Å². The molecule has 0 heterocycles. The quantitative estimate of drug-likeness (QED) is 0.610. The average molecular weight is 314 g/mol. The molecule has 2 amide bonds. The van der Waals surface area contributed by atoms with E-state index in [0.29, 0.717) is 6.54 Å². The largest absolute Gasteiger partial charge is 0.356 e. The summed E-state index contributed by atoms with van der Waals surface area (Å²) in [5.74, 6) is -1.42. The summed E-state index contributed by atoms with van der Waals surface area (Å²) in [6, 6.07) is 15.8. The van der Waals surface area contributed by atoms with Crippen LogP contribution in [0, 0.1) is 5.82 Å². The van der Waals surface area contributed by atoms with E-state index in [4.69, 9.17) is 0 Å². The Morgan fingerprint density at radius 3 is 2.35 bits per heavy atom. The van der Waals surface area contributed by atoms with Gasteiger partial charge in [0.2, 0.25) is 11.8 Å². The SMILES string of the molecule is O=C(CC(=O)Nc1ccccc1F)NCCCc1ccccc1. The number of amides is 2. The van der Waals surface area contributed by atoms with E-state index in [1.165, 1.54) is 23.8 Å². The second-order valence-electron chi connectivity index (χ2n) is 5.14.